The second kappa shape index (κ2) is 6.14. The molecule has 1 rings (SSSR count). The average molecular weight is 241 g/mol. The summed E-state index contributed by atoms with van der Waals surface area (Å²) in [6.07, 6.45) is 3.74. The van der Waals surface area contributed by atoms with Gasteiger partial charge in [-0.1, -0.05) is 0 Å². The molecule has 1 N–H and O–H groups in total. The predicted molar refractivity (Wildman–Crippen MR) is 66.7 cm³/mol. The second-order valence-corrected chi connectivity index (χ2v) is 5.00. The number of rotatable bonds is 6. The Labute approximate surface area is 103 Å². The zero-order valence-electron chi connectivity index (χ0n) is 11.4. The van der Waals surface area contributed by atoms with Crippen molar-refractivity contribution >= 4 is 0 Å². The van der Waals surface area contributed by atoms with Crippen molar-refractivity contribution in [2.24, 2.45) is 0 Å². The standard InChI is InChI=1S/C12H23N3O2/c1-12(2,3)15-9-10(7-14-15)6-13-8-11(16-4)17-5/h7,9,11,13H,6,8H2,1-5H3. The van der Waals surface area contributed by atoms with Crippen molar-refractivity contribution in [3.05, 3.63) is 18.0 Å². The van der Waals surface area contributed by atoms with Crippen molar-refractivity contribution in [1.82, 2.24) is 15.1 Å². The number of nitrogens with zero attached hydrogens (tertiary/aromatic N) is 2. The Kier molecular flexibility index (Phi) is 5.11. The van der Waals surface area contributed by atoms with Crippen LogP contribution in [0.1, 0.15) is 26.3 Å². The molecule has 0 saturated heterocycles. The highest BCUT2D eigenvalue weighted by Crippen LogP contribution is 2.12. The zero-order chi connectivity index (χ0) is 12.9. The van der Waals surface area contributed by atoms with Gasteiger partial charge in [0.25, 0.3) is 0 Å². The quantitative estimate of drug-likeness (QED) is 0.764. The van der Waals surface area contributed by atoms with E-state index in [1.54, 1.807) is 14.2 Å². The van der Waals surface area contributed by atoms with Crippen LogP contribution in [0.4, 0.5) is 0 Å². The van der Waals surface area contributed by atoms with E-state index in [4.69, 9.17) is 9.47 Å². The molecule has 0 aliphatic carbocycles. The van der Waals surface area contributed by atoms with Crippen LogP contribution >= 0.6 is 0 Å². The normalized spacial score (nSPS) is 12.4. The third kappa shape index (κ3) is 4.46. The summed E-state index contributed by atoms with van der Waals surface area (Å²) in [6, 6.07) is 0. The molecule has 5 heteroatoms. The fourth-order valence-electron chi connectivity index (χ4n) is 1.42. The van der Waals surface area contributed by atoms with Crippen LogP contribution in [0.5, 0.6) is 0 Å². The van der Waals surface area contributed by atoms with Crippen LogP contribution in [0.3, 0.4) is 0 Å². The molecule has 17 heavy (non-hydrogen) atoms. The minimum absolute atomic E-state index is 0.0276. The van der Waals surface area contributed by atoms with E-state index in [0.29, 0.717) is 6.54 Å². The monoisotopic (exact) mass is 241 g/mol. The fourth-order valence-corrected chi connectivity index (χ4v) is 1.42. The van der Waals surface area contributed by atoms with Crippen LogP contribution < -0.4 is 5.32 Å². The van der Waals surface area contributed by atoms with Crippen LogP contribution in [0.25, 0.3) is 0 Å². The topological polar surface area (TPSA) is 48.3 Å². The van der Waals surface area contributed by atoms with E-state index in [9.17, 15) is 0 Å². The fraction of sp³-hybridized carbons (Fsp3) is 0.750. The molecule has 98 valence electrons. The molecule has 0 aliphatic heterocycles. The summed E-state index contributed by atoms with van der Waals surface area (Å²) in [6.45, 7) is 7.81. The van der Waals surface area contributed by atoms with Gasteiger partial charge in [-0.3, -0.25) is 4.68 Å². The van der Waals surface area contributed by atoms with E-state index in [1.807, 2.05) is 10.9 Å². The van der Waals surface area contributed by atoms with E-state index in [2.05, 4.69) is 37.4 Å². The number of methoxy groups -OCH3 is 2. The van der Waals surface area contributed by atoms with Gasteiger partial charge in [-0.25, -0.2) is 0 Å². The third-order valence-electron chi connectivity index (χ3n) is 2.49. The SMILES string of the molecule is COC(CNCc1cnn(C(C)(C)C)c1)OC. The van der Waals surface area contributed by atoms with Crippen LogP contribution in [0.15, 0.2) is 12.4 Å². The first kappa shape index (κ1) is 14.2. The lowest BCUT2D eigenvalue weighted by molar-refractivity contribution is -0.0989. The first-order chi connectivity index (χ1) is 7.97. The van der Waals surface area contributed by atoms with Gasteiger partial charge in [-0.05, 0) is 20.8 Å². The molecular weight excluding hydrogens is 218 g/mol. The van der Waals surface area contributed by atoms with E-state index in [-0.39, 0.29) is 11.8 Å². The van der Waals surface area contributed by atoms with Gasteiger partial charge in [0, 0.05) is 39.1 Å². The number of ether oxygens (including phenoxy) is 2. The molecule has 0 amide bonds. The molecule has 0 bridgehead atoms. The molecule has 1 heterocycles. The van der Waals surface area contributed by atoms with Crippen LogP contribution in [0.2, 0.25) is 0 Å². The lowest BCUT2D eigenvalue weighted by Gasteiger charge is -2.18. The van der Waals surface area contributed by atoms with Crippen LogP contribution in [-0.2, 0) is 21.6 Å². The summed E-state index contributed by atoms with van der Waals surface area (Å²) in [7, 11) is 3.26. The third-order valence-corrected chi connectivity index (χ3v) is 2.49. The highest BCUT2D eigenvalue weighted by Gasteiger charge is 2.13. The van der Waals surface area contributed by atoms with Gasteiger partial charge >= 0.3 is 0 Å². The maximum absolute atomic E-state index is 5.09. The first-order valence-electron chi connectivity index (χ1n) is 5.77. The van der Waals surface area contributed by atoms with Gasteiger partial charge in [0.05, 0.1) is 11.7 Å². The summed E-state index contributed by atoms with van der Waals surface area (Å²) in [5.41, 5.74) is 1.19. The zero-order valence-corrected chi connectivity index (χ0v) is 11.4. The largest absolute Gasteiger partial charge is 0.355 e. The summed E-state index contributed by atoms with van der Waals surface area (Å²) in [5, 5.41) is 7.60. The lowest BCUT2D eigenvalue weighted by Crippen LogP contribution is -2.29. The maximum atomic E-state index is 5.09. The van der Waals surface area contributed by atoms with E-state index in [0.717, 1.165) is 12.1 Å². The minimum atomic E-state index is -0.201. The summed E-state index contributed by atoms with van der Waals surface area (Å²) >= 11 is 0. The minimum Gasteiger partial charge on any atom is -0.355 e. The molecule has 0 aromatic carbocycles. The van der Waals surface area contributed by atoms with E-state index >= 15 is 0 Å². The Hall–Kier alpha value is -0.910. The number of nitrogens with one attached hydrogen (secondary N) is 1. The molecule has 0 radical (unpaired) electrons. The summed E-state index contributed by atoms with van der Waals surface area (Å²) < 4.78 is 12.1. The molecule has 0 saturated carbocycles. The molecule has 1 aromatic rings. The Balaban J connectivity index is 2.40. The van der Waals surface area contributed by atoms with E-state index < -0.39 is 0 Å². The Morgan fingerprint density at radius 1 is 1.35 bits per heavy atom. The number of aromatic nitrogens is 2. The molecule has 0 aliphatic rings. The van der Waals surface area contributed by atoms with Crippen molar-refractivity contribution < 1.29 is 9.47 Å². The van der Waals surface area contributed by atoms with Gasteiger partial charge in [-0.15, -0.1) is 0 Å². The second-order valence-electron chi connectivity index (χ2n) is 5.00. The Bertz CT molecular complexity index is 327. The van der Waals surface area contributed by atoms with Crippen LogP contribution in [-0.4, -0.2) is 36.8 Å². The molecular formula is C12H23N3O2. The van der Waals surface area contributed by atoms with Gasteiger partial charge in [0.2, 0.25) is 0 Å². The molecule has 0 atom stereocenters. The molecule has 5 nitrogen and oxygen atoms in total. The van der Waals surface area contributed by atoms with Gasteiger partial charge in [0.1, 0.15) is 0 Å². The Morgan fingerprint density at radius 3 is 2.47 bits per heavy atom. The smallest absolute Gasteiger partial charge is 0.169 e. The van der Waals surface area contributed by atoms with Crippen molar-refractivity contribution in [3.63, 3.8) is 0 Å². The van der Waals surface area contributed by atoms with Crippen molar-refractivity contribution in [2.45, 2.75) is 39.1 Å². The summed E-state index contributed by atoms with van der Waals surface area (Å²) in [5.74, 6) is 0. The van der Waals surface area contributed by atoms with Crippen molar-refractivity contribution in [3.8, 4) is 0 Å². The molecule has 0 fully saturated rings. The van der Waals surface area contributed by atoms with Gasteiger partial charge in [-0.2, -0.15) is 5.10 Å². The van der Waals surface area contributed by atoms with Crippen molar-refractivity contribution in [2.75, 3.05) is 20.8 Å². The maximum Gasteiger partial charge on any atom is 0.169 e. The van der Waals surface area contributed by atoms with Crippen LogP contribution in [0, 0.1) is 0 Å². The lowest BCUT2D eigenvalue weighted by atomic mass is 10.1. The van der Waals surface area contributed by atoms with E-state index in [1.165, 1.54) is 0 Å². The Morgan fingerprint density at radius 2 is 2.00 bits per heavy atom. The molecule has 1 aromatic heterocycles. The summed E-state index contributed by atoms with van der Waals surface area (Å²) in [4.78, 5) is 0. The molecule has 0 spiro atoms. The highest BCUT2D eigenvalue weighted by molar-refractivity contribution is 5.04. The van der Waals surface area contributed by atoms with Gasteiger partial charge < -0.3 is 14.8 Å². The number of hydrogen-bond acceptors (Lipinski definition) is 4. The average Bonchev–Trinajstić information content (AvgIpc) is 2.73. The molecule has 0 unspecified atom stereocenters. The van der Waals surface area contributed by atoms with Crippen molar-refractivity contribution in [1.29, 1.82) is 0 Å². The highest BCUT2D eigenvalue weighted by atomic mass is 16.7. The predicted octanol–water partition coefficient (Wildman–Crippen LogP) is 1.35. The first-order valence-corrected chi connectivity index (χ1v) is 5.77. The van der Waals surface area contributed by atoms with Gasteiger partial charge in [0.15, 0.2) is 6.29 Å². The number of hydrogen-bond donors (Lipinski definition) is 1.